The molecular formula is C11H19N3O. The molecule has 2 unspecified atom stereocenters. The first kappa shape index (κ1) is 10.6. The second-order valence-corrected chi connectivity index (χ2v) is 5.03. The fourth-order valence-corrected chi connectivity index (χ4v) is 2.05. The van der Waals surface area contributed by atoms with Crippen molar-refractivity contribution in [2.24, 2.45) is 12.5 Å². The zero-order valence-electron chi connectivity index (χ0n) is 9.57. The van der Waals surface area contributed by atoms with Crippen LogP contribution in [0.15, 0.2) is 12.4 Å². The maximum absolute atomic E-state index is 9.59. The number of aromatic nitrogens is 2. The molecule has 2 rings (SSSR count). The number of hydrogen-bond acceptors (Lipinski definition) is 3. The standard InChI is InChI=1S/C11H19N3O/c1-11(2)9(4-10(11)15)12-5-8-6-13-14(3)7-8/h6-7,9-10,12,15H,4-5H2,1-3H3. The van der Waals surface area contributed by atoms with Crippen LogP contribution >= 0.6 is 0 Å². The lowest BCUT2D eigenvalue weighted by Crippen LogP contribution is -2.59. The average molecular weight is 209 g/mol. The minimum atomic E-state index is -0.163. The molecule has 84 valence electrons. The summed E-state index contributed by atoms with van der Waals surface area (Å²) in [6.07, 6.45) is 4.57. The van der Waals surface area contributed by atoms with E-state index >= 15 is 0 Å². The number of nitrogens with zero attached hydrogens (tertiary/aromatic N) is 2. The third kappa shape index (κ3) is 1.92. The van der Waals surface area contributed by atoms with Crippen molar-refractivity contribution in [2.75, 3.05) is 0 Å². The Morgan fingerprint density at radius 3 is 2.87 bits per heavy atom. The first-order chi connectivity index (χ1) is 7.00. The Morgan fingerprint density at radius 2 is 2.40 bits per heavy atom. The zero-order chi connectivity index (χ0) is 11.1. The first-order valence-electron chi connectivity index (χ1n) is 5.39. The lowest BCUT2D eigenvalue weighted by molar-refractivity contribution is -0.0729. The molecule has 4 heteroatoms. The lowest BCUT2D eigenvalue weighted by atomic mass is 9.64. The van der Waals surface area contributed by atoms with Gasteiger partial charge in [0.05, 0.1) is 12.3 Å². The third-order valence-electron chi connectivity index (χ3n) is 3.53. The van der Waals surface area contributed by atoms with Gasteiger partial charge in [0.15, 0.2) is 0 Å². The van der Waals surface area contributed by atoms with E-state index in [2.05, 4.69) is 24.3 Å². The summed E-state index contributed by atoms with van der Waals surface area (Å²) in [5, 5.41) is 17.2. The molecule has 4 nitrogen and oxygen atoms in total. The van der Waals surface area contributed by atoms with E-state index < -0.39 is 0 Å². The molecule has 0 amide bonds. The highest BCUT2D eigenvalue weighted by Crippen LogP contribution is 2.40. The van der Waals surface area contributed by atoms with E-state index in [1.165, 1.54) is 5.56 Å². The van der Waals surface area contributed by atoms with Gasteiger partial charge in [-0.1, -0.05) is 13.8 Å². The Balaban J connectivity index is 1.85. The summed E-state index contributed by atoms with van der Waals surface area (Å²) in [6, 6.07) is 0.410. The van der Waals surface area contributed by atoms with Gasteiger partial charge in [-0.2, -0.15) is 5.10 Å². The third-order valence-corrected chi connectivity index (χ3v) is 3.53. The van der Waals surface area contributed by atoms with Crippen molar-refractivity contribution < 1.29 is 5.11 Å². The molecule has 0 spiro atoms. The van der Waals surface area contributed by atoms with Crippen molar-refractivity contribution in [2.45, 2.75) is 39.0 Å². The van der Waals surface area contributed by atoms with Crippen LogP contribution in [-0.4, -0.2) is 27.0 Å². The van der Waals surface area contributed by atoms with Crippen LogP contribution in [-0.2, 0) is 13.6 Å². The van der Waals surface area contributed by atoms with Gasteiger partial charge in [0.2, 0.25) is 0 Å². The Kier molecular flexibility index (Phi) is 2.56. The number of nitrogens with one attached hydrogen (secondary N) is 1. The van der Waals surface area contributed by atoms with Gasteiger partial charge in [-0.3, -0.25) is 4.68 Å². The van der Waals surface area contributed by atoms with Crippen LogP contribution in [0.5, 0.6) is 0 Å². The molecule has 0 aliphatic heterocycles. The van der Waals surface area contributed by atoms with Gasteiger partial charge in [0.1, 0.15) is 0 Å². The topological polar surface area (TPSA) is 50.1 Å². The Labute approximate surface area is 90.3 Å². The van der Waals surface area contributed by atoms with Crippen molar-refractivity contribution in [3.05, 3.63) is 18.0 Å². The van der Waals surface area contributed by atoms with E-state index in [0.29, 0.717) is 6.04 Å². The van der Waals surface area contributed by atoms with Crippen molar-refractivity contribution in [1.29, 1.82) is 0 Å². The van der Waals surface area contributed by atoms with E-state index in [-0.39, 0.29) is 11.5 Å². The predicted octanol–water partition coefficient (Wildman–Crippen LogP) is 0.669. The van der Waals surface area contributed by atoms with Crippen molar-refractivity contribution >= 4 is 0 Å². The molecule has 15 heavy (non-hydrogen) atoms. The van der Waals surface area contributed by atoms with Gasteiger partial charge >= 0.3 is 0 Å². The second-order valence-electron chi connectivity index (χ2n) is 5.03. The number of aliphatic hydroxyl groups excluding tert-OH is 1. The van der Waals surface area contributed by atoms with Gasteiger partial charge < -0.3 is 10.4 Å². The summed E-state index contributed by atoms with van der Waals surface area (Å²) >= 11 is 0. The van der Waals surface area contributed by atoms with Crippen LogP contribution in [0.4, 0.5) is 0 Å². The van der Waals surface area contributed by atoms with Gasteiger partial charge in [0.25, 0.3) is 0 Å². The molecule has 1 aromatic rings. The number of aliphatic hydroxyl groups is 1. The molecule has 1 saturated carbocycles. The Morgan fingerprint density at radius 1 is 1.67 bits per heavy atom. The Bertz CT molecular complexity index is 345. The van der Waals surface area contributed by atoms with Crippen LogP contribution in [0.2, 0.25) is 0 Å². The van der Waals surface area contributed by atoms with Gasteiger partial charge in [0, 0.05) is 36.8 Å². The summed E-state index contributed by atoms with van der Waals surface area (Å²) in [5.41, 5.74) is 1.19. The molecule has 0 saturated heterocycles. The molecule has 0 aromatic carbocycles. The highest BCUT2D eigenvalue weighted by molar-refractivity contribution is 5.07. The lowest BCUT2D eigenvalue weighted by Gasteiger charge is -2.49. The van der Waals surface area contributed by atoms with E-state index in [4.69, 9.17) is 0 Å². The molecule has 1 fully saturated rings. The zero-order valence-corrected chi connectivity index (χ0v) is 9.57. The molecule has 1 aromatic heterocycles. The molecule has 1 aliphatic rings. The van der Waals surface area contributed by atoms with E-state index in [9.17, 15) is 5.11 Å². The van der Waals surface area contributed by atoms with Crippen LogP contribution in [0.1, 0.15) is 25.8 Å². The average Bonchev–Trinajstić information content (AvgIpc) is 2.58. The summed E-state index contributed by atoms with van der Waals surface area (Å²) in [4.78, 5) is 0. The van der Waals surface area contributed by atoms with Crippen molar-refractivity contribution in [3.8, 4) is 0 Å². The SMILES string of the molecule is Cn1cc(CNC2CC(O)C2(C)C)cn1. The second kappa shape index (κ2) is 3.61. The largest absolute Gasteiger partial charge is 0.392 e. The number of rotatable bonds is 3. The molecule has 1 aliphatic carbocycles. The normalized spacial score (nSPS) is 28.8. The minimum Gasteiger partial charge on any atom is -0.392 e. The summed E-state index contributed by atoms with van der Waals surface area (Å²) in [7, 11) is 1.92. The van der Waals surface area contributed by atoms with E-state index in [1.807, 2.05) is 19.4 Å². The maximum atomic E-state index is 9.59. The maximum Gasteiger partial charge on any atom is 0.0621 e. The van der Waals surface area contributed by atoms with Crippen LogP contribution in [0.25, 0.3) is 0 Å². The predicted molar refractivity (Wildman–Crippen MR) is 58.2 cm³/mol. The van der Waals surface area contributed by atoms with Crippen LogP contribution < -0.4 is 5.32 Å². The Hall–Kier alpha value is -0.870. The molecular weight excluding hydrogens is 190 g/mol. The molecule has 2 N–H and O–H groups in total. The molecule has 2 atom stereocenters. The molecule has 1 heterocycles. The van der Waals surface area contributed by atoms with Gasteiger partial charge in [-0.25, -0.2) is 0 Å². The van der Waals surface area contributed by atoms with Crippen molar-refractivity contribution in [1.82, 2.24) is 15.1 Å². The molecule has 0 radical (unpaired) electrons. The number of aryl methyl sites for hydroxylation is 1. The smallest absolute Gasteiger partial charge is 0.0621 e. The minimum absolute atomic E-state index is 0.00219. The fraction of sp³-hybridized carbons (Fsp3) is 0.727. The van der Waals surface area contributed by atoms with Crippen LogP contribution in [0.3, 0.4) is 0 Å². The van der Waals surface area contributed by atoms with Crippen LogP contribution in [0, 0.1) is 5.41 Å². The van der Waals surface area contributed by atoms with Gasteiger partial charge in [-0.15, -0.1) is 0 Å². The number of hydrogen-bond donors (Lipinski definition) is 2. The summed E-state index contributed by atoms with van der Waals surface area (Å²) in [5.74, 6) is 0. The fourth-order valence-electron chi connectivity index (χ4n) is 2.05. The van der Waals surface area contributed by atoms with Gasteiger partial charge in [-0.05, 0) is 6.42 Å². The highest BCUT2D eigenvalue weighted by Gasteiger charge is 2.46. The highest BCUT2D eigenvalue weighted by atomic mass is 16.3. The van der Waals surface area contributed by atoms with E-state index in [1.54, 1.807) is 4.68 Å². The molecule has 0 bridgehead atoms. The summed E-state index contributed by atoms with van der Waals surface area (Å²) in [6.45, 7) is 5.03. The quantitative estimate of drug-likeness (QED) is 0.769. The first-order valence-corrected chi connectivity index (χ1v) is 5.39. The van der Waals surface area contributed by atoms with Crippen molar-refractivity contribution in [3.63, 3.8) is 0 Å². The van der Waals surface area contributed by atoms with E-state index in [0.717, 1.165) is 13.0 Å². The summed E-state index contributed by atoms with van der Waals surface area (Å²) < 4.78 is 1.80. The monoisotopic (exact) mass is 209 g/mol.